The molecule has 1 aromatic heterocycles. The highest BCUT2D eigenvalue weighted by atomic mass is 35.5. The van der Waals surface area contributed by atoms with Gasteiger partial charge in [0.15, 0.2) is 11.5 Å². The molecule has 2 aromatic rings. The van der Waals surface area contributed by atoms with Crippen molar-refractivity contribution in [1.29, 1.82) is 0 Å². The summed E-state index contributed by atoms with van der Waals surface area (Å²) in [4.78, 5) is 18.0. The van der Waals surface area contributed by atoms with Gasteiger partial charge in [0.1, 0.15) is 9.88 Å². The van der Waals surface area contributed by atoms with E-state index in [1.54, 1.807) is 14.2 Å². The molecule has 3 rings (SSSR count). The molecule has 0 aliphatic heterocycles. The fourth-order valence-electron chi connectivity index (χ4n) is 3.43. The number of halogens is 2. The average Bonchev–Trinajstić information content (AvgIpc) is 3.28. The second kappa shape index (κ2) is 10.3. The lowest BCUT2D eigenvalue weighted by atomic mass is 9.98. The zero-order chi connectivity index (χ0) is 18.7. The minimum Gasteiger partial charge on any atom is -0.493 e. The maximum Gasteiger partial charge on any atom is 0.263 e. The summed E-state index contributed by atoms with van der Waals surface area (Å²) < 4.78 is 10.6. The van der Waals surface area contributed by atoms with Crippen LogP contribution in [0, 0.1) is 6.92 Å². The summed E-state index contributed by atoms with van der Waals surface area (Å²) in [6.45, 7) is 2.33. The van der Waals surface area contributed by atoms with Crippen LogP contribution in [0.15, 0.2) is 18.2 Å². The van der Waals surface area contributed by atoms with Gasteiger partial charge in [-0.15, -0.1) is 36.2 Å². The van der Waals surface area contributed by atoms with Crippen molar-refractivity contribution < 1.29 is 14.3 Å². The average molecular weight is 448 g/mol. The Balaban J connectivity index is 0.00000196. The van der Waals surface area contributed by atoms with E-state index < -0.39 is 0 Å². The number of carbonyl (C=O) groups excluding carboxylic acids is 1. The number of aryl methyl sites for hydroxylation is 1. The van der Waals surface area contributed by atoms with Crippen LogP contribution in [-0.2, 0) is 0 Å². The lowest BCUT2D eigenvalue weighted by Gasteiger charge is -2.28. The standard InChI is InChI=1S/C19H25N3O3S.2ClH/c1-12-16(17(23)22-19(11-20)8-4-5-9-19)26-18(21-12)13-6-7-14(24-2)15(10-13)25-3;;/h6-7,10H,4-5,8-9,11,20H2,1-3H3,(H,22,23);2*1H. The maximum absolute atomic E-state index is 12.8. The van der Waals surface area contributed by atoms with Crippen LogP contribution in [-0.4, -0.2) is 37.2 Å². The first-order valence-electron chi connectivity index (χ1n) is 8.74. The van der Waals surface area contributed by atoms with Gasteiger partial charge in [-0.1, -0.05) is 12.8 Å². The highest BCUT2D eigenvalue weighted by Gasteiger charge is 2.35. The van der Waals surface area contributed by atoms with Gasteiger partial charge in [-0.3, -0.25) is 4.79 Å². The molecular formula is C19H27Cl2N3O3S. The number of benzene rings is 1. The molecular weight excluding hydrogens is 421 g/mol. The van der Waals surface area contributed by atoms with Crippen molar-refractivity contribution in [3.05, 3.63) is 28.8 Å². The number of nitrogens with zero attached hydrogens (tertiary/aromatic N) is 1. The quantitative estimate of drug-likeness (QED) is 0.698. The molecule has 1 aliphatic carbocycles. The molecule has 1 saturated carbocycles. The zero-order valence-corrected chi connectivity index (χ0v) is 18.7. The molecule has 1 amide bonds. The number of thiazole rings is 1. The molecule has 0 unspecified atom stereocenters. The Morgan fingerprint density at radius 2 is 1.86 bits per heavy atom. The molecule has 6 nitrogen and oxygen atoms in total. The summed E-state index contributed by atoms with van der Waals surface area (Å²) in [7, 11) is 3.20. The van der Waals surface area contributed by atoms with Crippen LogP contribution in [0.3, 0.4) is 0 Å². The smallest absolute Gasteiger partial charge is 0.263 e. The van der Waals surface area contributed by atoms with Crippen LogP contribution in [0.25, 0.3) is 10.6 Å². The Bertz CT molecular complexity index is 808. The molecule has 0 radical (unpaired) electrons. The molecule has 1 aromatic carbocycles. The molecule has 9 heteroatoms. The number of nitrogens with two attached hydrogens (primary N) is 1. The third kappa shape index (κ3) is 4.89. The Morgan fingerprint density at radius 1 is 1.21 bits per heavy atom. The highest BCUT2D eigenvalue weighted by Crippen LogP contribution is 2.35. The van der Waals surface area contributed by atoms with Crippen molar-refractivity contribution in [3.8, 4) is 22.1 Å². The molecule has 28 heavy (non-hydrogen) atoms. The molecule has 1 heterocycles. The third-order valence-electron chi connectivity index (χ3n) is 4.96. The first-order chi connectivity index (χ1) is 12.5. The van der Waals surface area contributed by atoms with Crippen molar-refractivity contribution in [2.45, 2.75) is 38.1 Å². The van der Waals surface area contributed by atoms with E-state index in [0.29, 0.717) is 22.9 Å². The monoisotopic (exact) mass is 447 g/mol. The number of methoxy groups -OCH3 is 2. The van der Waals surface area contributed by atoms with Gasteiger partial charge in [-0.25, -0.2) is 4.98 Å². The SMILES string of the molecule is COc1ccc(-c2nc(C)c(C(=O)NC3(CN)CCCC3)s2)cc1OC.Cl.Cl. The molecule has 1 aliphatic rings. The first kappa shape index (κ1) is 24.5. The number of carbonyl (C=O) groups is 1. The van der Waals surface area contributed by atoms with Crippen molar-refractivity contribution in [2.75, 3.05) is 20.8 Å². The number of hydrogen-bond donors (Lipinski definition) is 2. The van der Waals surface area contributed by atoms with E-state index >= 15 is 0 Å². The molecule has 1 fully saturated rings. The van der Waals surface area contributed by atoms with Crippen molar-refractivity contribution >= 4 is 42.1 Å². The lowest BCUT2D eigenvalue weighted by molar-refractivity contribution is 0.0906. The van der Waals surface area contributed by atoms with Gasteiger partial charge in [0.2, 0.25) is 0 Å². The topological polar surface area (TPSA) is 86.5 Å². The Morgan fingerprint density at radius 3 is 2.43 bits per heavy atom. The van der Waals surface area contributed by atoms with Crippen molar-refractivity contribution in [1.82, 2.24) is 10.3 Å². The van der Waals surface area contributed by atoms with Crippen LogP contribution < -0.4 is 20.5 Å². The van der Waals surface area contributed by atoms with Gasteiger partial charge >= 0.3 is 0 Å². The maximum atomic E-state index is 12.8. The van der Waals surface area contributed by atoms with Gasteiger partial charge in [0, 0.05) is 12.1 Å². The normalized spacial score (nSPS) is 14.6. The summed E-state index contributed by atoms with van der Waals surface area (Å²) in [6.07, 6.45) is 4.09. The van der Waals surface area contributed by atoms with Gasteiger partial charge < -0.3 is 20.5 Å². The fourth-order valence-corrected chi connectivity index (χ4v) is 4.39. The van der Waals surface area contributed by atoms with E-state index in [1.165, 1.54) is 11.3 Å². The second-order valence-electron chi connectivity index (χ2n) is 6.65. The summed E-state index contributed by atoms with van der Waals surface area (Å²) in [6, 6.07) is 5.63. The number of hydrogen-bond acceptors (Lipinski definition) is 6. The highest BCUT2D eigenvalue weighted by molar-refractivity contribution is 7.17. The molecule has 0 atom stereocenters. The summed E-state index contributed by atoms with van der Waals surface area (Å²) in [5, 5.41) is 3.95. The Labute approximate surface area is 182 Å². The minimum absolute atomic E-state index is 0. The van der Waals surface area contributed by atoms with Gasteiger partial charge in [0.05, 0.1) is 25.5 Å². The van der Waals surface area contributed by atoms with Crippen LogP contribution >= 0.6 is 36.2 Å². The lowest BCUT2D eigenvalue weighted by Crippen LogP contribution is -2.51. The predicted molar refractivity (Wildman–Crippen MR) is 118 cm³/mol. The van der Waals surface area contributed by atoms with E-state index in [4.69, 9.17) is 15.2 Å². The summed E-state index contributed by atoms with van der Waals surface area (Å²) in [5.41, 5.74) is 7.29. The molecule has 0 spiro atoms. The second-order valence-corrected chi connectivity index (χ2v) is 7.65. The Hall–Kier alpha value is -1.54. The van der Waals surface area contributed by atoms with E-state index in [2.05, 4.69) is 10.3 Å². The van der Waals surface area contributed by atoms with Gasteiger partial charge in [0.25, 0.3) is 5.91 Å². The molecule has 0 saturated heterocycles. The molecule has 156 valence electrons. The Kier molecular flexibility index (Phi) is 9.01. The van der Waals surface area contributed by atoms with E-state index in [0.717, 1.165) is 41.9 Å². The summed E-state index contributed by atoms with van der Waals surface area (Å²) in [5.74, 6) is 1.21. The fraction of sp³-hybridized carbons (Fsp3) is 0.474. The van der Waals surface area contributed by atoms with Crippen LogP contribution in [0.2, 0.25) is 0 Å². The van der Waals surface area contributed by atoms with Gasteiger partial charge in [-0.05, 0) is 38.0 Å². The third-order valence-corrected chi connectivity index (χ3v) is 6.17. The van der Waals surface area contributed by atoms with E-state index in [9.17, 15) is 4.79 Å². The number of rotatable bonds is 6. The first-order valence-corrected chi connectivity index (χ1v) is 9.56. The van der Waals surface area contributed by atoms with E-state index in [1.807, 2.05) is 25.1 Å². The van der Waals surface area contributed by atoms with Crippen molar-refractivity contribution in [2.24, 2.45) is 5.73 Å². The number of nitrogens with one attached hydrogen (secondary N) is 1. The predicted octanol–water partition coefficient (Wildman–Crippen LogP) is 3.98. The largest absolute Gasteiger partial charge is 0.493 e. The van der Waals surface area contributed by atoms with Crippen LogP contribution in [0.5, 0.6) is 11.5 Å². The van der Waals surface area contributed by atoms with Crippen LogP contribution in [0.4, 0.5) is 0 Å². The summed E-state index contributed by atoms with van der Waals surface area (Å²) >= 11 is 1.39. The number of ether oxygens (including phenoxy) is 2. The van der Waals surface area contributed by atoms with E-state index in [-0.39, 0.29) is 36.3 Å². The molecule has 3 N–H and O–H groups in total. The zero-order valence-electron chi connectivity index (χ0n) is 16.2. The van der Waals surface area contributed by atoms with Crippen molar-refractivity contribution in [3.63, 3.8) is 0 Å². The number of aromatic nitrogens is 1. The van der Waals surface area contributed by atoms with Crippen LogP contribution in [0.1, 0.15) is 41.0 Å². The van der Waals surface area contributed by atoms with Gasteiger partial charge in [-0.2, -0.15) is 0 Å². The number of amides is 1. The molecule has 0 bridgehead atoms. The minimum atomic E-state index is -0.267.